The molecule has 0 heterocycles. The standard InChI is InChI=1S/C24H24N2O4S2/c25-21(31-15-7-3-1-4-8-15)13-19-17(23(27)28)11-12-18(24(29)30)20(19)14-22(26)32-16-9-5-2-6-10-16/h1-12,21-22H,13-14,25-26H2,(H,27,28)(H,29,30). The highest BCUT2D eigenvalue weighted by Gasteiger charge is 2.24. The van der Waals surface area contributed by atoms with Crippen LogP contribution < -0.4 is 11.5 Å². The molecule has 0 aliphatic heterocycles. The van der Waals surface area contributed by atoms with E-state index in [1.54, 1.807) is 0 Å². The number of carboxylic acid groups (broad SMARTS) is 2. The molecule has 0 radical (unpaired) electrons. The zero-order valence-corrected chi connectivity index (χ0v) is 18.8. The molecule has 0 saturated heterocycles. The van der Waals surface area contributed by atoms with E-state index in [0.717, 1.165) is 9.79 Å². The van der Waals surface area contributed by atoms with Crippen molar-refractivity contribution in [3.63, 3.8) is 0 Å². The lowest BCUT2D eigenvalue weighted by Gasteiger charge is -2.21. The van der Waals surface area contributed by atoms with Crippen LogP contribution in [0.5, 0.6) is 0 Å². The summed E-state index contributed by atoms with van der Waals surface area (Å²) in [6.45, 7) is 0. The minimum Gasteiger partial charge on any atom is -0.478 e. The first-order valence-corrected chi connectivity index (χ1v) is 11.7. The van der Waals surface area contributed by atoms with Crippen molar-refractivity contribution in [2.24, 2.45) is 11.5 Å². The highest BCUT2D eigenvalue weighted by atomic mass is 32.2. The van der Waals surface area contributed by atoms with E-state index < -0.39 is 22.7 Å². The second-order valence-corrected chi connectivity index (χ2v) is 9.70. The smallest absolute Gasteiger partial charge is 0.335 e. The number of benzene rings is 3. The Labute approximate surface area is 195 Å². The number of hydrogen-bond acceptors (Lipinski definition) is 6. The molecule has 3 rings (SSSR count). The van der Waals surface area contributed by atoms with E-state index in [4.69, 9.17) is 11.5 Å². The maximum Gasteiger partial charge on any atom is 0.335 e. The van der Waals surface area contributed by atoms with Gasteiger partial charge in [-0.2, -0.15) is 0 Å². The average molecular weight is 469 g/mol. The van der Waals surface area contributed by atoms with E-state index in [9.17, 15) is 19.8 Å². The van der Waals surface area contributed by atoms with Gasteiger partial charge in [0.05, 0.1) is 21.9 Å². The van der Waals surface area contributed by atoms with E-state index in [-0.39, 0.29) is 24.0 Å². The Balaban J connectivity index is 1.94. The summed E-state index contributed by atoms with van der Waals surface area (Å²) < 4.78 is 0. The molecule has 0 spiro atoms. The molecule has 2 atom stereocenters. The third-order valence-corrected chi connectivity index (χ3v) is 6.79. The molecule has 3 aromatic carbocycles. The Morgan fingerprint density at radius 1 is 0.656 bits per heavy atom. The Morgan fingerprint density at radius 3 is 1.31 bits per heavy atom. The summed E-state index contributed by atoms with van der Waals surface area (Å²) in [5.41, 5.74) is 13.6. The van der Waals surface area contributed by atoms with Gasteiger partial charge in [-0.3, -0.25) is 0 Å². The van der Waals surface area contributed by atoms with Crippen LogP contribution in [0.1, 0.15) is 31.8 Å². The Bertz CT molecular complexity index is 992. The van der Waals surface area contributed by atoms with E-state index >= 15 is 0 Å². The van der Waals surface area contributed by atoms with Gasteiger partial charge in [0, 0.05) is 9.79 Å². The zero-order valence-electron chi connectivity index (χ0n) is 17.2. The molecular formula is C24H24N2O4S2. The van der Waals surface area contributed by atoms with Gasteiger partial charge in [0.1, 0.15) is 0 Å². The lowest BCUT2D eigenvalue weighted by molar-refractivity contribution is 0.0679. The summed E-state index contributed by atoms with van der Waals surface area (Å²) in [7, 11) is 0. The molecule has 6 N–H and O–H groups in total. The molecule has 3 aromatic rings. The first-order valence-electron chi connectivity index (χ1n) is 9.91. The van der Waals surface area contributed by atoms with Crippen molar-refractivity contribution in [2.75, 3.05) is 0 Å². The van der Waals surface area contributed by atoms with Crippen LogP contribution in [-0.2, 0) is 12.8 Å². The van der Waals surface area contributed by atoms with Crippen LogP contribution in [-0.4, -0.2) is 32.9 Å². The number of thioether (sulfide) groups is 2. The quantitative estimate of drug-likeness (QED) is 0.256. The second-order valence-electron chi connectivity index (χ2n) is 7.08. The topological polar surface area (TPSA) is 127 Å². The van der Waals surface area contributed by atoms with Crippen LogP contribution in [0.25, 0.3) is 0 Å². The molecule has 0 amide bonds. The molecule has 0 saturated carbocycles. The van der Waals surface area contributed by atoms with Crippen LogP contribution in [0, 0.1) is 0 Å². The maximum absolute atomic E-state index is 11.9. The normalized spacial score (nSPS) is 12.8. The maximum atomic E-state index is 11.9. The largest absolute Gasteiger partial charge is 0.478 e. The van der Waals surface area contributed by atoms with Crippen LogP contribution >= 0.6 is 23.5 Å². The van der Waals surface area contributed by atoms with Gasteiger partial charge in [-0.25, -0.2) is 9.59 Å². The minimum absolute atomic E-state index is 0.0472. The van der Waals surface area contributed by atoms with Crippen molar-refractivity contribution in [3.05, 3.63) is 95.1 Å². The lowest BCUT2D eigenvalue weighted by Crippen LogP contribution is -2.26. The van der Waals surface area contributed by atoms with Gasteiger partial charge in [0.25, 0.3) is 0 Å². The first-order chi connectivity index (χ1) is 15.3. The van der Waals surface area contributed by atoms with Crippen molar-refractivity contribution in [3.8, 4) is 0 Å². The molecule has 0 fully saturated rings. The summed E-state index contributed by atoms with van der Waals surface area (Å²) in [5, 5.41) is 18.6. The lowest BCUT2D eigenvalue weighted by atomic mass is 9.91. The molecule has 0 aliphatic carbocycles. The second kappa shape index (κ2) is 11.2. The monoisotopic (exact) mass is 468 g/mol. The summed E-state index contributed by atoms with van der Waals surface area (Å²) >= 11 is 2.81. The number of aromatic carboxylic acids is 2. The number of hydrogen-bond donors (Lipinski definition) is 4. The molecule has 8 heteroatoms. The Kier molecular flexibility index (Phi) is 8.35. The molecular weight excluding hydrogens is 444 g/mol. The molecule has 0 aliphatic rings. The fourth-order valence-electron chi connectivity index (χ4n) is 3.39. The van der Waals surface area contributed by atoms with Crippen LogP contribution in [0.2, 0.25) is 0 Å². The van der Waals surface area contributed by atoms with E-state index in [1.807, 2.05) is 60.7 Å². The molecule has 6 nitrogen and oxygen atoms in total. The van der Waals surface area contributed by atoms with Crippen molar-refractivity contribution in [1.82, 2.24) is 0 Å². The number of carbonyl (C=O) groups is 2. The van der Waals surface area contributed by atoms with Gasteiger partial charge < -0.3 is 21.7 Å². The van der Waals surface area contributed by atoms with Gasteiger partial charge in [-0.05, 0) is 60.4 Å². The van der Waals surface area contributed by atoms with Gasteiger partial charge >= 0.3 is 11.9 Å². The van der Waals surface area contributed by atoms with Crippen LogP contribution in [0.3, 0.4) is 0 Å². The van der Waals surface area contributed by atoms with E-state index in [0.29, 0.717) is 11.1 Å². The summed E-state index contributed by atoms with van der Waals surface area (Å²) in [6, 6.07) is 21.7. The molecule has 2 unspecified atom stereocenters. The van der Waals surface area contributed by atoms with Crippen molar-refractivity contribution in [2.45, 2.75) is 33.4 Å². The SMILES string of the molecule is NC(Cc1c(C(=O)O)ccc(C(=O)O)c1CC(N)Sc1ccccc1)Sc1ccccc1. The first kappa shape index (κ1) is 23.9. The van der Waals surface area contributed by atoms with Crippen LogP contribution in [0.15, 0.2) is 82.6 Å². The highest BCUT2D eigenvalue weighted by molar-refractivity contribution is 8.00. The predicted octanol–water partition coefficient (Wildman–Crippen LogP) is 4.32. The fourth-order valence-corrected chi connectivity index (χ4v) is 5.22. The van der Waals surface area contributed by atoms with Gasteiger partial charge in [0.2, 0.25) is 0 Å². The number of carboxylic acids is 2. The number of nitrogens with two attached hydrogens (primary N) is 2. The highest BCUT2D eigenvalue weighted by Crippen LogP contribution is 2.30. The van der Waals surface area contributed by atoms with E-state index in [2.05, 4.69) is 0 Å². The molecule has 32 heavy (non-hydrogen) atoms. The van der Waals surface area contributed by atoms with Crippen LogP contribution in [0.4, 0.5) is 0 Å². The summed E-state index contributed by atoms with van der Waals surface area (Å²) in [6.07, 6.45) is 0.390. The van der Waals surface area contributed by atoms with Gasteiger partial charge in [-0.15, -0.1) is 23.5 Å². The van der Waals surface area contributed by atoms with Gasteiger partial charge in [0.15, 0.2) is 0 Å². The third kappa shape index (κ3) is 6.37. The fraction of sp³-hybridized carbons (Fsp3) is 0.167. The number of rotatable bonds is 10. The van der Waals surface area contributed by atoms with Crippen molar-refractivity contribution < 1.29 is 19.8 Å². The zero-order chi connectivity index (χ0) is 23.1. The molecule has 0 bridgehead atoms. The summed E-state index contributed by atoms with van der Waals surface area (Å²) in [4.78, 5) is 25.8. The van der Waals surface area contributed by atoms with E-state index in [1.165, 1.54) is 35.7 Å². The summed E-state index contributed by atoms with van der Waals surface area (Å²) in [5.74, 6) is -2.25. The third-order valence-electron chi connectivity index (χ3n) is 4.76. The Hall–Kier alpha value is -2.78. The van der Waals surface area contributed by atoms with Crippen molar-refractivity contribution in [1.29, 1.82) is 0 Å². The predicted molar refractivity (Wildman–Crippen MR) is 128 cm³/mol. The van der Waals surface area contributed by atoms with Crippen molar-refractivity contribution >= 4 is 35.5 Å². The Morgan fingerprint density at radius 2 is 1.00 bits per heavy atom. The van der Waals surface area contributed by atoms with Gasteiger partial charge in [-0.1, -0.05) is 36.4 Å². The minimum atomic E-state index is -1.13. The molecule has 166 valence electrons. The molecule has 0 aromatic heterocycles. The average Bonchev–Trinajstić information content (AvgIpc) is 2.75.